The minimum absolute atomic E-state index is 0. The van der Waals surface area contributed by atoms with Crippen molar-refractivity contribution >= 4 is 22.7 Å². The van der Waals surface area contributed by atoms with Gasteiger partial charge in [-0.3, -0.25) is 0 Å². The van der Waals surface area contributed by atoms with Gasteiger partial charge in [-0.15, -0.1) is 46.9 Å². The molecule has 2 heterocycles. The standard InChI is InChI=1S/C92H110O4S2.2C7H7.Zr/c1-85(2,3)67-43-61(44-68(51-67)86(4,5)6)57-37-58(62-45-69(87(7,8)9)52-70(46-62)88(10,11)12)40-65(39-57)83-81(93)77(55-97-83)75-31-25-27-33-79(75)95-35-29-30-36-96-80-34-28-26-32-76(80)78-56-98-84(82(78)94)66-41-59(63-47-71(89(13,14)15)53-72(48-63)90(16,17)18)38-60(42-66)64-49-73(91(19,20)21)54-74(50-64)92(22,23)24;2*1-7-5-3-2-4-6-7;/h25-28,31-34,37-56,93-94H,29-30,35-36H2,1-24H3;2*2-6H,1H2;/q;2*-1;/p+2. The van der Waals surface area contributed by atoms with E-state index in [1.54, 1.807) is 22.7 Å². The van der Waals surface area contributed by atoms with Crippen molar-refractivity contribution in [1.29, 1.82) is 0 Å². The summed E-state index contributed by atoms with van der Waals surface area (Å²) in [6, 6.07) is 78.6. The molecule has 0 bridgehead atoms. The molecule has 0 saturated carbocycles. The van der Waals surface area contributed by atoms with Gasteiger partial charge in [0.25, 0.3) is 11.5 Å². The Kier molecular flexibility index (Phi) is 27.6. The normalized spacial score (nSPS) is 12.3. The number of benzene rings is 10. The maximum atomic E-state index is 12.6. The second-order valence-corrected chi connectivity index (χ2v) is 40.7. The molecule has 12 rings (SSSR count). The van der Waals surface area contributed by atoms with E-state index < -0.39 is 0 Å². The van der Waals surface area contributed by atoms with Gasteiger partial charge in [0.05, 0.1) is 20.9 Å². The molecule has 0 spiro atoms. The zero-order chi connectivity index (χ0) is 81.8. The van der Waals surface area contributed by atoms with Gasteiger partial charge in [0, 0.05) is 73.1 Å². The number of ether oxygens (including phenoxy) is 2. The Morgan fingerprint density at radius 1 is 0.257 bits per heavy atom. The molecule has 10 aromatic carbocycles. The van der Waals surface area contributed by atoms with Gasteiger partial charge in [-0.25, -0.2) is 0 Å². The van der Waals surface area contributed by atoms with Gasteiger partial charge in [0.15, 0.2) is 13.2 Å². The molecule has 0 amide bonds. The largest absolute Gasteiger partial charge is 0.582 e. The van der Waals surface area contributed by atoms with E-state index in [9.17, 15) is 10.2 Å². The van der Waals surface area contributed by atoms with Crippen molar-refractivity contribution in [3.63, 3.8) is 0 Å². The predicted molar refractivity (Wildman–Crippen MR) is 489 cm³/mol. The molecule has 12 aromatic rings. The van der Waals surface area contributed by atoms with Gasteiger partial charge in [-0.1, -0.05) is 275 Å². The van der Waals surface area contributed by atoms with Crippen molar-refractivity contribution < 1.29 is 45.9 Å². The van der Waals surface area contributed by atoms with Crippen LogP contribution in [0.15, 0.2) is 229 Å². The van der Waals surface area contributed by atoms with Crippen LogP contribution in [0.5, 0.6) is 23.0 Å². The Morgan fingerprint density at radius 3 is 0.673 bits per heavy atom. The number of hydrogen-bond donors (Lipinski definition) is 2. The number of hydrogen-bond acceptors (Lipinski definition) is 4. The van der Waals surface area contributed by atoms with Crippen molar-refractivity contribution in [2.45, 2.75) is 222 Å². The minimum atomic E-state index is -0.0547. The first-order chi connectivity index (χ1) is 52.2. The van der Waals surface area contributed by atoms with Crippen LogP contribution >= 0.6 is 22.7 Å². The molecule has 0 saturated heterocycles. The zero-order valence-corrected chi connectivity index (χ0v) is 76.4. The van der Waals surface area contributed by atoms with Gasteiger partial charge in [-0.05, 0) is 192 Å². The van der Waals surface area contributed by atoms with Gasteiger partial charge in [0.1, 0.15) is 11.5 Å². The van der Waals surface area contributed by atoms with Crippen molar-refractivity contribution in [3.8, 4) is 111 Å². The fourth-order valence-corrected chi connectivity index (χ4v) is 15.5. The third-order valence-electron chi connectivity index (χ3n) is 21.1. The maximum Gasteiger partial charge on any atom is 0.262 e. The van der Waals surface area contributed by atoms with Crippen LogP contribution in [0.1, 0.15) is 235 Å². The maximum absolute atomic E-state index is 12.6. The quantitative estimate of drug-likeness (QED) is 0.0610. The Bertz CT molecular complexity index is 4580. The summed E-state index contributed by atoms with van der Waals surface area (Å²) in [6.07, 6.45) is 1.66. The Labute approximate surface area is 707 Å². The topological polar surface area (TPSA) is 66.1 Å². The summed E-state index contributed by atoms with van der Waals surface area (Å²) < 4.78 is 10.4. The van der Waals surface area contributed by atoms with Crippen molar-refractivity contribution in [3.05, 3.63) is 299 Å². The Morgan fingerprint density at radius 2 is 0.460 bits per heavy atom. The molecule has 0 aliphatic carbocycles. The van der Waals surface area contributed by atoms with Crippen molar-refractivity contribution in [2.75, 3.05) is 13.2 Å². The Balaban J connectivity index is 0.000000879. The molecule has 0 fully saturated rings. The number of aliphatic hydroxyl groups is 2. The molecule has 0 unspecified atom stereocenters. The van der Waals surface area contributed by atoms with E-state index in [0.717, 1.165) is 101 Å². The van der Waals surface area contributed by atoms with Crippen LogP contribution < -0.4 is 0 Å². The fraction of sp³-hybridized carbons (Fsp3) is 0.340. The number of thiophene rings is 2. The third-order valence-corrected chi connectivity index (χ3v) is 23.2. The van der Waals surface area contributed by atoms with Crippen LogP contribution in [-0.4, -0.2) is 32.9 Å². The van der Waals surface area contributed by atoms with Gasteiger partial charge in [-0.2, -0.15) is 49.2 Å². The van der Waals surface area contributed by atoms with Crippen LogP contribution in [0.3, 0.4) is 0 Å². The average molecular weight is 1620 g/mol. The molecule has 4 N–H and O–H groups in total. The van der Waals surface area contributed by atoms with E-state index in [-0.39, 0.29) is 81.0 Å². The summed E-state index contributed by atoms with van der Waals surface area (Å²) in [7, 11) is 0. The summed E-state index contributed by atoms with van der Waals surface area (Å²) in [5.74, 6) is 2.25. The summed E-state index contributed by atoms with van der Waals surface area (Å²) in [5.41, 5.74) is 26.7. The second kappa shape index (κ2) is 35.3. The molecular formula is C106H126O4S2Zr. The van der Waals surface area contributed by atoms with E-state index in [1.165, 1.54) is 66.8 Å². The molecule has 7 heteroatoms. The van der Waals surface area contributed by atoms with E-state index in [1.807, 2.05) is 84.9 Å². The SMILES string of the molecule is CC(C)(C)c1cc(-c2cc(-c3cc(C(C)(C)C)cc(C(C)(C)C)c3)cc(-c3scc(-c4ccccc4[OH+]CCCC[OH+]c4ccccc4-c4csc(-c5cc(-c6cc(C(C)(C)C)cc(C(C)(C)C)c6)cc(-c6cc(C(C)(C)C)cc(C(C)(C)C)c6)c5)c4O)c3O)c2)cc(C(C)(C)C)c1.[CH2-]c1ccccc1.[CH2-]c1ccccc1.[Zr]. The van der Waals surface area contributed by atoms with Crippen LogP contribution in [0, 0.1) is 13.8 Å². The molecule has 0 aliphatic rings. The number of unbranched alkanes of at least 4 members (excludes halogenated alkanes) is 1. The summed E-state index contributed by atoms with van der Waals surface area (Å²) in [4.78, 5) is 1.67. The number of para-hydroxylation sites is 2. The molecule has 590 valence electrons. The summed E-state index contributed by atoms with van der Waals surface area (Å²) >= 11 is 3.17. The Hall–Kier alpha value is -8.58. The molecular weight excluding hydrogens is 1490 g/mol. The molecule has 0 atom stereocenters. The first kappa shape index (κ1) is 88.4. The van der Waals surface area contributed by atoms with E-state index in [4.69, 9.17) is 9.47 Å². The van der Waals surface area contributed by atoms with Crippen LogP contribution in [-0.2, 0) is 69.5 Å². The van der Waals surface area contributed by atoms with E-state index in [0.29, 0.717) is 13.2 Å². The third kappa shape index (κ3) is 22.7. The van der Waals surface area contributed by atoms with Crippen molar-refractivity contribution in [1.82, 2.24) is 0 Å². The molecule has 0 radical (unpaired) electrons. The van der Waals surface area contributed by atoms with Gasteiger partial charge < -0.3 is 19.7 Å². The molecule has 2 aromatic heterocycles. The second-order valence-electron chi connectivity index (χ2n) is 38.9. The fourth-order valence-electron chi connectivity index (χ4n) is 13.6. The van der Waals surface area contributed by atoms with Crippen LogP contribution in [0.2, 0.25) is 0 Å². The average Bonchev–Trinajstić information content (AvgIpc) is 1.43. The molecule has 0 aliphatic heterocycles. The molecule has 113 heavy (non-hydrogen) atoms. The summed E-state index contributed by atoms with van der Waals surface area (Å²) in [6.45, 7) is 63.8. The predicted octanol–water partition coefficient (Wildman–Crippen LogP) is 30.6. The first-order valence-electron chi connectivity index (χ1n) is 40.1. The first-order valence-corrected chi connectivity index (χ1v) is 41.8. The smallest absolute Gasteiger partial charge is 0.262 e. The number of aromatic hydroxyl groups is 4. The van der Waals surface area contributed by atoms with E-state index in [2.05, 4.69) is 324 Å². The van der Waals surface area contributed by atoms with E-state index >= 15 is 0 Å². The minimum Gasteiger partial charge on any atom is -0.582 e. The monoisotopic (exact) mass is 1620 g/mol. The number of rotatable bonds is 15. The zero-order valence-electron chi connectivity index (χ0n) is 72.3. The van der Waals surface area contributed by atoms with Crippen LogP contribution in [0.25, 0.3) is 87.6 Å². The molecule has 4 nitrogen and oxygen atoms in total. The van der Waals surface area contributed by atoms with Gasteiger partial charge in [0.2, 0.25) is 0 Å². The van der Waals surface area contributed by atoms with Gasteiger partial charge >= 0.3 is 0 Å². The summed E-state index contributed by atoms with van der Waals surface area (Å²) in [5, 5.41) is 29.4. The van der Waals surface area contributed by atoms with Crippen molar-refractivity contribution in [2.24, 2.45) is 0 Å². The van der Waals surface area contributed by atoms with Crippen LogP contribution in [0.4, 0.5) is 0 Å².